The van der Waals surface area contributed by atoms with Crippen molar-refractivity contribution in [3.05, 3.63) is 66.2 Å². The summed E-state index contributed by atoms with van der Waals surface area (Å²) in [5, 5.41) is 12.2. The summed E-state index contributed by atoms with van der Waals surface area (Å²) in [5.41, 5.74) is 1.52. The highest BCUT2D eigenvalue weighted by Crippen LogP contribution is 2.18. The molecule has 0 bridgehead atoms. The maximum atomic E-state index is 12.4. The van der Waals surface area contributed by atoms with Crippen molar-refractivity contribution >= 4 is 17.9 Å². The second-order valence-corrected chi connectivity index (χ2v) is 7.14. The summed E-state index contributed by atoms with van der Waals surface area (Å²) in [4.78, 5) is 26.3. The first-order valence-electron chi connectivity index (χ1n) is 9.75. The van der Waals surface area contributed by atoms with E-state index < -0.39 is 0 Å². The maximum absolute atomic E-state index is 12.4. The molecule has 1 saturated heterocycles. The number of phenolic OH excluding ortho intramolecular Hbond substituents is 1. The molecule has 0 aliphatic carbocycles. The SMILES string of the molecule is C=Cc1ccc(OCC(=O)N2CCC(CNC(=O)c3ccc(O)cc3)CC2)cc1. The van der Waals surface area contributed by atoms with Crippen LogP contribution >= 0.6 is 0 Å². The van der Waals surface area contributed by atoms with Gasteiger partial charge in [-0.1, -0.05) is 24.8 Å². The molecule has 1 heterocycles. The summed E-state index contributed by atoms with van der Waals surface area (Å²) in [6.07, 6.45) is 3.44. The van der Waals surface area contributed by atoms with Crippen LogP contribution in [0.3, 0.4) is 0 Å². The largest absolute Gasteiger partial charge is 0.508 e. The minimum absolute atomic E-state index is 0.0235. The zero-order valence-corrected chi connectivity index (χ0v) is 16.3. The summed E-state index contributed by atoms with van der Waals surface area (Å²) >= 11 is 0. The third kappa shape index (κ3) is 5.85. The van der Waals surface area contributed by atoms with E-state index in [9.17, 15) is 14.7 Å². The van der Waals surface area contributed by atoms with Gasteiger partial charge in [0.15, 0.2) is 6.61 Å². The fourth-order valence-electron chi connectivity index (χ4n) is 3.27. The van der Waals surface area contributed by atoms with E-state index in [1.165, 1.54) is 12.1 Å². The van der Waals surface area contributed by atoms with Crippen molar-refractivity contribution in [2.75, 3.05) is 26.2 Å². The van der Waals surface area contributed by atoms with Gasteiger partial charge in [0, 0.05) is 25.2 Å². The molecule has 2 aromatic rings. The molecule has 6 heteroatoms. The third-order valence-electron chi connectivity index (χ3n) is 5.13. The number of hydrogen-bond donors (Lipinski definition) is 2. The Kier molecular flexibility index (Phi) is 6.89. The molecule has 0 atom stereocenters. The van der Waals surface area contributed by atoms with E-state index >= 15 is 0 Å². The fourth-order valence-corrected chi connectivity index (χ4v) is 3.27. The Labute approximate surface area is 170 Å². The standard InChI is InChI=1S/C23H26N2O4/c1-2-17-3-9-21(10-4-17)29-16-22(27)25-13-11-18(12-14-25)15-24-23(28)19-5-7-20(26)8-6-19/h2-10,18,26H,1,11-16H2,(H,24,28). The number of piperidine rings is 1. The molecule has 29 heavy (non-hydrogen) atoms. The molecule has 0 unspecified atom stereocenters. The van der Waals surface area contributed by atoms with Crippen LogP contribution in [-0.2, 0) is 4.79 Å². The van der Waals surface area contributed by atoms with Gasteiger partial charge in [0.05, 0.1) is 0 Å². The molecule has 3 rings (SSSR count). The van der Waals surface area contributed by atoms with Crippen LogP contribution in [-0.4, -0.2) is 48.1 Å². The van der Waals surface area contributed by atoms with Gasteiger partial charge in [0.2, 0.25) is 0 Å². The number of likely N-dealkylation sites (tertiary alicyclic amines) is 1. The summed E-state index contributed by atoms with van der Waals surface area (Å²) in [7, 11) is 0. The topological polar surface area (TPSA) is 78.9 Å². The monoisotopic (exact) mass is 394 g/mol. The predicted molar refractivity (Wildman–Crippen MR) is 112 cm³/mol. The van der Waals surface area contributed by atoms with E-state index in [0.29, 0.717) is 36.9 Å². The van der Waals surface area contributed by atoms with Gasteiger partial charge in [-0.05, 0) is 60.7 Å². The third-order valence-corrected chi connectivity index (χ3v) is 5.13. The maximum Gasteiger partial charge on any atom is 0.260 e. The van der Waals surface area contributed by atoms with E-state index in [4.69, 9.17) is 4.74 Å². The van der Waals surface area contributed by atoms with E-state index in [0.717, 1.165) is 18.4 Å². The number of carbonyl (C=O) groups excluding carboxylic acids is 2. The number of carbonyl (C=O) groups is 2. The number of benzene rings is 2. The lowest BCUT2D eigenvalue weighted by Gasteiger charge is -2.32. The summed E-state index contributed by atoms with van der Waals surface area (Å²) < 4.78 is 5.58. The van der Waals surface area contributed by atoms with E-state index in [-0.39, 0.29) is 24.2 Å². The molecule has 6 nitrogen and oxygen atoms in total. The van der Waals surface area contributed by atoms with Crippen molar-refractivity contribution < 1.29 is 19.4 Å². The Morgan fingerprint density at radius 1 is 1.10 bits per heavy atom. The van der Waals surface area contributed by atoms with Crippen LogP contribution in [0.25, 0.3) is 6.08 Å². The van der Waals surface area contributed by atoms with Crippen LogP contribution in [0.4, 0.5) is 0 Å². The lowest BCUT2D eigenvalue weighted by atomic mass is 9.96. The van der Waals surface area contributed by atoms with E-state index in [1.54, 1.807) is 18.2 Å². The second kappa shape index (κ2) is 9.78. The molecule has 152 valence electrons. The van der Waals surface area contributed by atoms with Crippen molar-refractivity contribution in [3.8, 4) is 11.5 Å². The summed E-state index contributed by atoms with van der Waals surface area (Å²) in [6.45, 7) is 5.64. The number of hydrogen-bond acceptors (Lipinski definition) is 4. The van der Waals surface area contributed by atoms with Gasteiger partial charge in [0.1, 0.15) is 11.5 Å². The number of nitrogens with zero attached hydrogens (tertiary/aromatic N) is 1. The molecular weight excluding hydrogens is 368 g/mol. The Balaban J connectivity index is 1.37. The molecule has 1 fully saturated rings. The molecule has 1 aliphatic heterocycles. The normalized spacial score (nSPS) is 14.3. The quantitative estimate of drug-likeness (QED) is 0.756. The van der Waals surface area contributed by atoms with Gasteiger partial charge in [-0.3, -0.25) is 9.59 Å². The average molecular weight is 394 g/mol. The summed E-state index contributed by atoms with van der Waals surface area (Å²) in [6, 6.07) is 13.6. The highest BCUT2D eigenvalue weighted by atomic mass is 16.5. The highest BCUT2D eigenvalue weighted by Gasteiger charge is 2.23. The Morgan fingerprint density at radius 2 is 1.76 bits per heavy atom. The van der Waals surface area contributed by atoms with Gasteiger partial charge in [-0.25, -0.2) is 0 Å². The number of rotatable bonds is 7. The van der Waals surface area contributed by atoms with Gasteiger partial charge in [0.25, 0.3) is 11.8 Å². The highest BCUT2D eigenvalue weighted by molar-refractivity contribution is 5.94. The first-order chi connectivity index (χ1) is 14.0. The van der Waals surface area contributed by atoms with Gasteiger partial charge in [-0.2, -0.15) is 0 Å². The van der Waals surface area contributed by atoms with Crippen molar-refractivity contribution in [2.45, 2.75) is 12.8 Å². The second-order valence-electron chi connectivity index (χ2n) is 7.14. The van der Waals surface area contributed by atoms with Gasteiger partial charge >= 0.3 is 0 Å². The van der Waals surface area contributed by atoms with Crippen molar-refractivity contribution in [1.29, 1.82) is 0 Å². The van der Waals surface area contributed by atoms with E-state index in [1.807, 2.05) is 29.2 Å². The number of amides is 2. The smallest absolute Gasteiger partial charge is 0.260 e. The molecule has 2 N–H and O–H groups in total. The van der Waals surface area contributed by atoms with E-state index in [2.05, 4.69) is 11.9 Å². The molecular formula is C23H26N2O4. The Morgan fingerprint density at radius 3 is 2.38 bits per heavy atom. The lowest BCUT2D eigenvalue weighted by molar-refractivity contribution is -0.134. The van der Waals surface area contributed by atoms with Gasteiger partial charge in [-0.15, -0.1) is 0 Å². The molecule has 0 spiro atoms. The van der Waals surface area contributed by atoms with Crippen molar-refractivity contribution in [2.24, 2.45) is 5.92 Å². The van der Waals surface area contributed by atoms with Crippen LogP contribution in [0, 0.1) is 5.92 Å². The number of aromatic hydroxyl groups is 1. The number of ether oxygens (including phenoxy) is 1. The zero-order valence-electron chi connectivity index (χ0n) is 16.3. The minimum atomic E-state index is -0.153. The number of nitrogens with one attached hydrogen (secondary N) is 1. The zero-order chi connectivity index (χ0) is 20.6. The first-order valence-corrected chi connectivity index (χ1v) is 9.75. The fraction of sp³-hybridized carbons (Fsp3) is 0.304. The molecule has 0 aromatic heterocycles. The first kappa shape index (κ1) is 20.5. The van der Waals surface area contributed by atoms with Crippen LogP contribution in [0.15, 0.2) is 55.1 Å². The molecule has 2 amide bonds. The Hall–Kier alpha value is -3.28. The molecule has 0 saturated carbocycles. The van der Waals surface area contributed by atoms with Crippen LogP contribution in [0.2, 0.25) is 0 Å². The predicted octanol–water partition coefficient (Wildman–Crippen LogP) is 3.08. The summed E-state index contributed by atoms with van der Waals surface area (Å²) in [5.74, 6) is 0.961. The molecule has 2 aromatic carbocycles. The molecule has 0 radical (unpaired) electrons. The van der Waals surface area contributed by atoms with Crippen molar-refractivity contribution in [3.63, 3.8) is 0 Å². The van der Waals surface area contributed by atoms with Crippen LogP contribution in [0.1, 0.15) is 28.8 Å². The number of phenols is 1. The Bertz CT molecular complexity index is 838. The van der Waals surface area contributed by atoms with Crippen LogP contribution in [0.5, 0.6) is 11.5 Å². The van der Waals surface area contributed by atoms with Gasteiger partial charge < -0.3 is 20.1 Å². The minimum Gasteiger partial charge on any atom is -0.508 e. The average Bonchev–Trinajstić information content (AvgIpc) is 2.77. The lowest BCUT2D eigenvalue weighted by Crippen LogP contribution is -2.43. The van der Waals surface area contributed by atoms with Crippen molar-refractivity contribution in [1.82, 2.24) is 10.2 Å². The van der Waals surface area contributed by atoms with Crippen LogP contribution < -0.4 is 10.1 Å². The molecule has 1 aliphatic rings.